The van der Waals surface area contributed by atoms with Crippen LogP contribution in [-0.2, 0) is 0 Å². The molecule has 2 aromatic carbocycles. The Kier molecular flexibility index (Phi) is 4.93. The molecule has 0 aliphatic rings. The Morgan fingerprint density at radius 1 is 1.04 bits per heavy atom. The quantitative estimate of drug-likeness (QED) is 0.643. The van der Waals surface area contributed by atoms with Crippen molar-refractivity contribution in [3.05, 3.63) is 59.8 Å². The van der Waals surface area contributed by atoms with Gasteiger partial charge in [0, 0.05) is 17.2 Å². The standard InChI is InChI=1S/C17H14Cl3N3O2/c1-10-15(11-5-3-2-4-6-11)22-23(21-10)12-7-8-13(14(24)9-12)16(25)17(18,19)20/h2-9,16,24-25H,1H3. The van der Waals surface area contributed by atoms with E-state index in [1.807, 2.05) is 37.3 Å². The number of hydrogen-bond acceptors (Lipinski definition) is 4. The Bertz CT molecular complexity index is 892. The Balaban J connectivity index is 1.97. The number of hydrogen-bond donors (Lipinski definition) is 2. The van der Waals surface area contributed by atoms with E-state index >= 15 is 0 Å². The van der Waals surface area contributed by atoms with Gasteiger partial charge >= 0.3 is 0 Å². The molecule has 1 heterocycles. The molecule has 0 spiro atoms. The third-order valence-electron chi connectivity index (χ3n) is 3.68. The van der Waals surface area contributed by atoms with Gasteiger partial charge in [-0.25, -0.2) is 0 Å². The summed E-state index contributed by atoms with van der Waals surface area (Å²) in [5.41, 5.74) is 3.05. The fourth-order valence-electron chi connectivity index (χ4n) is 2.42. The molecule has 0 aliphatic heterocycles. The second-order valence-corrected chi connectivity index (χ2v) is 7.85. The molecule has 5 nitrogen and oxygen atoms in total. The number of halogens is 3. The van der Waals surface area contributed by atoms with E-state index in [1.54, 1.807) is 6.07 Å². The Morgan fingerprint density at radius 2 is 1.72 bits per heavy atom. The average Bonchev–Trinajstić information content (AvgIpc) is 2.96. The van der Waals surface area contributed by atoms with Gasteiger partial charge in [0.25, 0.3) is 0 Å². The number of aromatic nitrogens is 3. The summed E-state index contributed by atoms with van der Waals surface area (Å²) in [5, 5.41) is 29.0. The first-order valence-corrected chi connectivity index (χ1v) is 8.48. The van der Waals surface area contributed by atoms with E-state index < -0.39 is 9.90 Å². The molecule has 0 aliphatic carbocycles. The molecule has 0 fully saturated rings. The molecule has 1 aromatic heterocycles. The lowest BCUT2D eigenvalue weighted by Crippen LogP contribution is -2.16. The summed E-state index contributed by atoms with van der Waals surface area (Å²) in [6, 6.07) is 14.2. The van der Waals surface area contributed by atoms with Gasteiger partial charge in [-0.1, -0.05) is 71.2 Å². The highest BCUT2D eigenvalue weighted by Gasteiger charge is 2.34. The molecular formula is C17H14Cl3N3O2. The number of aliphatic hydroxyl groups is 1. The molecule has 0 saturated carbocycles. The molecule has 0 saturated heterocycles. The normalized spacial score (nSPS) is 13.0. The van der Waals surface area contributed by atoms with E-state index in [4.69, 9.17) is 34.8 Å². The number of alkyl halides is 3. The van der Waals surface area contributed by atoms with Crippen LogP contribution < -0.4 is 0 Å². The lowest BCUT2D eigenvalue weighted by atomic mass is 10.1. The smallest absolute Gasteiger partial charge is 0.220 e. The SMILES string of the molecule is Cc1nn(-c2ccc(C(O)C(Cl)(Cl)Cl)c(O)c2)nc1-c1ccccc1. The summed E-state index contributed by atoms with van der Waals surface area (Å²) in [5.74, 6) is -0.215. The van der Waals surface area contributed by atoms with Gasteiger partial charge in [0.05, 0.1) is 11.4 Å². The maximum absolute atomic E-state index is 10.2. The van der Waals surface area contributed by atoms with Crippen molar-refractivity contribution < 1.29 is 10.2 Å². The molecule has 8 heteroatoms. The highest BCUT2D eigenvalue weighted by molar-refractivity contribution is 6.68. The van der Waals surface area contributed by atoms with Gasteiger partial charge in [0.15, 0.2) is 0 Å². The Morgan fingerprint density at radius 3 is 2.32 bits per heavy atom. The molecule has 25 heavy (non-hydrogen) atoms. The minimum atomic E-state index is -1.94. The number of phenols is 1. The Hall–Kier alpha value is -1.79. The third-order valence-corrected chi connectivity index (χ3v) is 4.30. The van der Waals surface area contributed by atoms with Crippen molar-refractivity contribution in [1.82, 2.24) is 15.0 Å². The van der Waals surface area contributed by atoms with E-state index in [0.29, 0.717) is 5.69 Å². The topological polar surface area (TPSA) is 71.2 Å². The van der Waals surface area contributed by atoms with E-state index in [9.17, 15) is 10.2 Å². The predicted molar refractivity (Wildman–Crippen MR) is 98.4 cm³/mol. The van der Waals surface area contributed by atoms with Gasteiger partial charge < -0.3 is 10.2 Å². The van der Waals surface area contributed by atoms with Crippen LogP contribution in [0.3, 0.4) is 0 Å². The summed E-state index contributed by atoms with van der Waals surface area (Å²) in [6.07, 6.45) is -1.46. The van der Waals surface area contributed by atoms with Crippen molar-refractivity contribution in [2.75, 3.05) is 0 Å². The van der Waals surface area contributed by atoms with Crippen molar-refractivity contribution in [1.29, 1.82) is 0 Å². The summed E-state index contributed by atoms with van der Waals surface area (Å²) >= 11 is 17.0. The molecule has 1 atom stereocenters. The third kappa shape index (κ3) is 3.75. The van der Waals surface area contributed by atoms with Crippen LogP contribution in [0.4, 0.5) is 0 Å². The van der Waals surface area contributed by atoms with Crippen LogP contribution in [-0.4, -0.2) is 29.0 Å². The lowest BCUT2D eigenvalue weighted by molar-refractivity contribution is 0.178. The first kappa shape index (κ1) is 18.0. The van der Waals surface area contributed by atoms with Crippen LogP contribution in [0, 0.1) is 6.92 Å². The van der Waals surface area contributed by atoms with Crippen LogP contribution in [0.2, 0.25) is 0 Å². The van der Waals surface area contributed by atoms with Crippen molar-refractivity contribution >= 4 is 34.8 Å². The summed E-state index contributed by atoms with van der Waals surface area (Å²) in [7, 11) is 0. The second-order valence-electron chi connectivity index (χ2n) is 5.48. The summed E-state index contributed by atoms with van der Waals surface area (Å²) in [6.45, 7) is 1.85. The first-order valence-electron chi connectivity index (χ1n) is 7.35. The fourth-order valence-corrected chi connectivity index (χ4v) is 2.77. The molecule has 0 amide bonds. The monoisotopic (exact) mass is 397 g/mol. The number of benzene rings is 2. The number of nitrogens with zero attached hydrogens (tertiary/aromatic N) is 3. The predicted octanol–water partition coefficient (Wildman–Crippen LogP) is 4.35. The van der Waals surface area contributed by atoms with Crippen LogP contribution in [0.25, 0.3) is 16.9 Å². The van der Waals surface area contributed by atoms with Crippen LogP contribution in [0.5, 0.6) is 5.75 Å². The van der Waals surface area contributed by atoms with Crippen molar-refractivity contribution in [3.8, 4) is 22.7 Å². The van der Waals surface area contributed by atoms with Gasteiger partial charge in [-0.2, -0.15) is 9.90 Å². The summed E-state index contributed by atoms with van der Waals surface area (Å²) < 4.78 is -1.94. The van der Waals surface area contributed by atoms with E-state index in [0.717, 1.165) is 17.0 Å². The lowest BCUT2D eigenvalue weighted by Gasteiger charge is -2.20. The maximum Gasteiger partial charge on any atom is 0.220 e. The van der Waals surface area contributed by atoms with E-state index in [-0.39, 0.29) is 11.3 Å². The minimum absolute atomic E-state index is 0.107. The summed E-state index contributed by atoms with van der Waals surface area (Å²) in [4.78, 5) is 1.41. The average molecular weight is 399 g/mol. The van der Waals surface area contributed by atoms with Crippen molar-refractivity contribution in [3.63, 3.8) is 0 Å². The number of aliphatic hydroxyl groups excluding tert-OH is 1. The van der Waals surface area contributed by atoms with Crippen molar-refractivity contribution in [2.45, 2.75) is 16.8 Å². The molecule has 0 radical (unpaired) electrons. The highest BCUT2D eigenvalue weighted by atomic mass is 35.6. The molecule has 1 unspecified atom stereocenters. The van der Waals surface area contributed by atoms with Crippen LogP contribution >= 0.6 is 34.8 Å². The number of aryl methyl sites for hydroxylation is 1. The zero-order valence-electron chi connectivity index (χ0n) is 13.1. The largest absolute Gasteiger partial charge is 0.507 e. The van der Waals surface area contributed by atoms with Gasteiger partial charge in [0.1, 0.15) is 17.5 Å². The molecule has 0 bridgehead atoms. The number of aromatic hydroxyl groups is 1. The maximum atomic E-state index is 10.2. The molecule has 130 valence electrons. The van der Waals surface area contributed by atoms with Gasteiger partial charge in [-0.05, 0) is 13.0 Å². The first-order chi connectivity index (χ1) is 11.8. The van der Waals surface area contributed by atoms with Gasteiger partial charge in [-0.3, -0.25) is 0 Å². The van der Waals surface area contributed by atoms with Crippen molar-refractivity contribution in [2.24, 2.45) is 0 Å². The number of rotatable bonds is 3. The molecule has 3 aromatic rings. The molecule has 3 rings (SSSR count). The minimum Gasteiger partial charge on any atom is -0.507 e. The zero-order valence-corrected chi connectivity index (χ0v) is 15.3. The van der Waals surface area contributed by atoms with Gasteiger partial charge in [-0.15, -0.1) is 5.10 Å². The highest BCUT2D eigenvalue weighted by Crippen LogP contribution is 2.42. The van der Waals surface area contributed by atoms with E-state index in [1.165, 1.54) is 16.9 Å². The molecular weight excluding hydrogens is 385 g/mol. The fraction of sp³-hybridized carbons (Fsp3) is 0.176. The van der Waals surface area contributed by atoms with E-state index in [2.05, 4.69) is 10.2 Å². The van der Waals surface area contributed by atoms with Crippen LogP contribution in [0.1, 0.15) is 17.4 Å². The Labute approximate surface area is 159 Å². The number of phenolic OH excluding ortho intramolecular Hbond substituents is 1. The second kappa shape index (κ2) is 6.84. The molecule has 2 N–H and O–H groups in total. The zero-order chi connectivity index (χ0) is 18.2. The van der Waals surface area contributed by atoms with Gasteiger partial charge in [0.2, 0.25) is 3.79 Å². The van der Waals surface area contributed by atoms with Crippen LogP contribution in [0.15, 0.2) is 48.5 Å².